The molecule has 7 heteroatoms. The maximum atomic E-state index is 12.6. The highest BCUT2D eigenvalue weighted by atomic mass is 32.1. The van der Waals surface area contributed by atoms with Crippen molar-refractivity contribution in [3.8, 4) is 11.4 Å². The van der Waals surface area contributed by atoms with Gasteiger partial charge in [0.1, 0.15) is 0 Å². The quantitative estimate of drug-likeness (QED) is 0.848. The van der Waals surface area contributed by atoms with Gasteiger partial charge >= 0.3 is 0 Å². The first-order valence-electron chi connectivity index (χ1n) is 7.08. The first-order valence-corrected chi connectivity index (χ1v) is 7.49. The summed E-state index contributed by atoms with van der Waals surface area (Å²) in [5.74, 6) is 0.594. The lowest BCUT2D eigenvalue weighted by molar-refractivity contribution is 0.263. The van der Waals surface area contributed by atoms with Crippen LogP contribution in [0.1, 0.15) is 18.2 Å². The van der Waals surface area contributed by atoms with Crippen molar-refractivity contribution in [3.63, 3.8) is 0 Å². The van der Waals surface area contributed by atoms with Crippen LogP contribution < -0.4 is 5.56 Å². The molecule has 1 aliphatic heterocycles. The fraction of sp³-hybridized carbons (Fsp3) is 0.500. The Kier molecular flexibility index (Phi) is 3.54. The molecule has 3 rings (SSSR count). The summed E-state index contributed by atoms with van der Waals surface area (Å²) in [4.78, 5) is 15.0. The van der Waals surface area contributed by atoms with Crippen LogP contribution >= 0.6 is 12.2 Å². The number of H-pyrrole nitrogens is 1. The molecule has 0 amide bonds. The zero-order valence-electron chi connectivity index (χ0n) is 12.5. The van der Waals surface area contributed by atoms with Crippen LogP contribution in [-0.4, -0.2) is 37.3 Å². The molecule has 0 aliphatic carbocycles. The van der Waals surface area contributed by atoms with E-state index in [1.807, 2.05) is 20.2 Å². The van der Waals surface area contributed by atoms with Crippen molar-refractivity contribution < 1.29 is 0 Å². The maximum Gasteiger partial charge on any atom is 0.261 e. The lowest BCUT2D eigenvalue weighted by Gasteiger charge is -2.29. The third-order valence-electron chi connectivity index (χ3n) is 4.26. The monoisotopic (exact) mass is 305 g/mol. The number of aromatic nitrogens is 4. The summed E-state index contributed by atoms with van der Waals surface area (Å²) < 4.78 is 4.01. The van der Waals surface area contributed by atoms with Gasteiger partial charge < -0.3 is 9.13 Å². The second-order valence-electron chi connectivity index (χ2n) is 5.42. The van der Waals surface area contributed by atoms with Crippen LogP contribution in [0.3, 0.4) is 0 Å². The van der Waals surface area contributed by atoms with Crippen LogP contribution in [0.5, 0.6) is 0 Å². The Morgan fingerprint density at radius 1 is 1.38 bits per heavy atom. The van der Waals surface area contributed by atoms with Crippen molar-refractivity contribution in [2.45, 2.75) is 19.9 Å². The second kappa shape index (κ2) is 5.23. The molecule has 2 aromatic heterocycles. The van der Waals surface area contributed by atoms with Crippen molar-refractivity contribution in [2.24, 2.45) is 14.1 Å². The average molecular weight is 305 g/mol. The molecule has 0 aromatic carbocycles. The van der Waals surface area contributed by atoms with Gasteiger partial charge in [-0.1, -0.05) is 6.92 Å². The summed E-state index contributed by atoms with van der Waals surface area (Å²) in [5.41, 5.74) is 2.92. The molecule has 0 unspecified atom stereocenters. The number of nitrogens with zero attached hydrogens (tertiary/aromatic N) is 4. The minimum absolute atomic E-state index is 0.0178. The number of likely N-dealkylation sites (N-methyl/N-ethyl adjacent to an activating group) is 1. The van der Waals surface area contributed by atoms with E-state index in [-0.39, 0.29) is 5.56 Å². The third-order valence-corrected chi connectivity index (χ3v) is 4.62. The lowest BCUT2D eigenvalue weighted by atomic mass is 10.0. The molecule has 0 saturated carbocycles. The summed E-state index contributed by atoms with van der Waals surface area (Å²) in [7, 11) is 3.66. The van der Waals surface area contributed by atoms with Crippen LogP contribution in [0.25, 0.3) is 11.4 Å². The van der Waals surface area contributed by atoms with Crippen molar-refractivity contribution in [1.82, 2.24) is 24.2 Å². The number of hydrogen-bond donors (Lipinski definition) is 1. The van der Waals surface area contributed by atoms with E-state index < -0.39 is 0 Å². The zero-order valence-corrected chi connectivity index (χ0v) is 13.3. The highest BCUT2D eigenvalue weighted by molar-refractivity contribution is 7.71. The molecule has 3 heterocycles. The van der Waals surface area contributed by atoms with Crippen LogP contribution in [-0.2, 0) is 27.1 Å². The molecule has 6 nitrogen and oxygen atoms in total. The highest BCUT2D eigenvalue weighted by Gasteiger charge is 2.21. The first-order chi connectivity index (χ1) is 10.0. The fourth-order valence-electron chi connectivity index (χ4n) is 2.91. The van der Waals surface area contributed by atoms with Gasteiger partial charge in [-0.05, 0) is 30.4 Å². The van der Waals surface area contributed by atoms with Gasteiger partial charge in [0.15, 0.2) is 10.6 Å². The van der Waals surface area contributed by atoms with Gasteiger partial charge in [-0.2, -0.15) is 5.10 Å². The van der Waals surface area contributed by atoms with Gasteiger partial charge in [0, 0.05) is 39.3 Å². The molecule has 0 fully saturated rings. The average Bonchev–Trinajstić information content (AvgIpc) is 2.82. The van der Waals surface area contributed by atoms with Crippen molar-refractivity contribution in [1.29, 1.82) is 0 Å². The number of aromatic amines is 1. The summed E-state index contributed by atoms with van der Waals surface area (Å²) in [6, 6.07) is 1.98. The Bertz CT molecular complexity index is 801. The molecule has 2 aromatic rings. The molecule has 112 valence electrons. The van der Waals surface area contributed by atoms with E-state index in [4.69, 9.17) is 12.2 Å². The third kappa shape index (κ3) is 2.26. The summed E-state index contributed by atoms with van der Waals surface area (Å²) in [6.45, 7) is 5.06. The van der Waals surface area contributed by atoms with E-state index in [0.717, 1.165) is 31.7 Å². The lowest BCUT2D eigenvalue weighted by Crippen LogP contribution is -2.35. The second-order valence-corrected chi connectivity index (χ2v) is 5.81. The Balaban J connectivity index is 2.20. The number of nitrogens with one attached hydrogen (secondary N) is 1. The van der Waals surface area contributed by atoms with Gasteiger partial charge in [0.25, 0.3) is 5.56 Å². The molecule has 1 N–H and O–H groups in total. The molecule has 21 heavy (non-hydrogen) atoms. The molecule has 0 radical (unpaired) electrons. The molecule has 0 atom stereocenters. The molecule has 0 spiro atoms. The van der Waals surface area contributed by atoms with Gasteiger partial charge in [-0.15, -0.1) is 0 Å². The zero-order chi connectivity index (χ0) is 15.1. The topological polar surface area (TPSA) is 58.9 Å². The van der Waals surface area contributed by atoms with Gasteiger partial charge in [-0.3, -0.25) is 14.8 Å². The Labute approximate surface area is 128 Å². The van der Waals surface area contributed by atoms with Crippen molar-refractivity contribution >= 4 is 12.2 Å². The number of pyridine rings is 1. The Hall–Kier alpha value is -1.73. The van der Waals surface area contributed by atoms with Gasteiger partial charge in [0.2, 0.25) is 0 Å². The summed E-state index contributed by atoms with van der Waals surface area (Å²) in [6.07, 6.45) is 0.911. The summed E-state index contributed by atoms with van der Waals surface area (Å²) in [5, 5.41) is 6.93. The minimum Gasteiger partial charge on any atom is -0.315 e. The van der Waals surface area contributed by atoms with Crippen LogP contribution in [0, 0.1) is 4.77 Å². The predicted molar refractivity (Wildman–Crippen MR) is 83.7 cm³/mol. The Morgan fingerprint density at radius 2 is 2.14 bits per heavy atom. The minimum atomic E-state index is -0.0178. The number of rotatable bonds is 2. The van der Waals surface area contributed by atoms with Crippen molar-refractivity contribution in [2.75, 3.05) is 13.1 Å². The van der Waals surface area contributed by atoms with E-state index in [2.05, 4.69) is 22.0 Å². The molecule has 0 bridgehead atoms. The van der Waals surface area contributed by atoms with Crippen LogP contribution in [0.15, 0.2) is 10.9 Å². The molecule has 0 saturated heterocycles. The van der Waals surface area contributed by atoms with E-state index in [1.54, 1.807) is 9.13 Å². The fourth-order valence-corrected chi connectivity index (χ4v) is 3.04. The Morgan fingerprint density at radius 3 is 2.76 bits per heavy atom. The SMILES string of the molecule is CCN1CCc2c(cc(-c3n[nH]c(=S)n3C)c(=O)n2C)C1. The van der Waals surface area contributed by atoms with E-state index in [9.17, 15) is 4.79 Å². The standard InChI is InChI=1S/C14H19N5OS/c1-4-19-6-5-11-9(8-19)7-10(13(20)17(11)2)12-15-16-14(21)18(12)3/h7H,4-6,8H2,1-3H3,(H,16,21). The van der Waals surface area contributed by atoms with E-state index in [1.165, 1.54) is 5.56 Å². The number of hydrogen-bond acceptors (Lipinski definition) is 4. The smallest absolute Gasteiger partial charge is 0.261 e. The highest BCUT2D eigenvalue weighted by Crippen LogP contribution is 2.21. The van der Waals surface area contributed by atoms with Gasteiger partial charge in [-0.25, -0.2) is 0 Å². The summed E-state index contributed by atoms with van der Waals surface area (Å²) >= 11 is 5.14. The van der Waals surface area contributed by atoms with Crippen LogP contribution in [0.4, 0.5) is 0 Å². The van der Waals surface area contributed by atoms with Crippen LogP contribution in [0.2, 0.25) is 0 Å². The van der Waals surface area contributed by atoms with E-state index in [0.29, 0.717) is 16.2 Å². The number of fused-ring (bicyclic) bond motifs is 1. The maximum absolute atomic E-state index is 12.6. The van der Waals surface area contributed by atoms with Crippen molar-refractivity contribution in [3.05, 3.63) is 32.4 Å². The largest absolute Gasteiger partial charge is 0.315 e. The first kappa shape index (κ1) is 14.2. The molecular weight excluding hydrogens is 286 g/mol. The van der Waals surface area contributed by atoms with E-state index >= 15 is 0 Å². The normalized spacial score (nSPS) is 15.2. The molecular formula is C14H19N5OS. The molecule has 1 aliphatic rings. The predicted octanol–water partition coefficient (Wildman–Crippen LogP) is 1.22. The van der Waals surface area contributed by atoms with Gasteiger partial charge in [0.05, 0.1) is 5.56 Å².